The third kappa shape index (κ3) is 2.75. The van der Waals surface area contributed by atoms with E-state index in [0.717, 1.165) is 11.1 Å². The Morgan fingerprint density at radius 2 is 1.94 bits per heavy atom. The average molecular weight is 232 g/mol. The molecule has 0 amide bonds. The van der Waals surface area contributed by atoms with Crippen molar-refractivity contribution in [2.75, 3.05) is 0 Å². The molecule has 0 aliphatic heterocycles. The van der Waals surface area contributed by atoms with E-state index in [1.807, 2.05) is 6.92 Å². The van der Waals surface area contributed by atoms with Gasteiger partial charge in [0, 0.05) is 0 Å². The predicted molar refractivity (Wildman–Crippen MR) is 63.6 cm³/mol. The van der Waals surface area contributed by atoms with Crippen LogP contribution >= 0.6 is 0 Å². The maximum absolute atomic E-state index is 13.0. The molecular formula is C14H13FO2. The van der Waals surface area contributed by atoms with Crippen molar-refractivity contribution in [3.8, 4) is 11.5 Å². The number of para-hydroxylation sites is 2. The molecule has 2 aromatic rings. The SMILES string of the molecule is Cc1ccc(F)cc1COc1ccccc1O. The number of aryl methyl sites for hydroxylation is 1. The molecule has 0 radical (unpaired) electrons. The van der Waals surface area contributed by atoms with E-state index in [0.29, 0.717) is 5.75 Å². The Balaban J connectivity index is 2.12. The molecule has 0 spiro atoms. The number of rotatable bonds is 3. The van der Waals surface area contributed by atoms with Gasteiger partial charge in [0.1, 0.15) is 12.4 Å². The highest BCUT2D eigenvalue weighted by molar-refractivity contribution is 5.38. The van der Waals surface area contributed by atoms with Crippen LogP contribution in [0.4, 0.5) is 4.39 Å². The molecule has 2 aromatic carbocycles. The zero-order valence-corrected chi connectivity index (χ0v) is 9.48. The number of hydrogen-bond donors (Lipinski definition) is 1. The van der Waals surface area contributed by atoms with Crippen LogP contribution < -0.4 is 4.74 Å². The normalized spacial score (nSPS) is 10.2. The van der Waals surface area contributed by atoms with Gasteiger partial charge in [-0.15, -0.1) is 0 Å². The zero-order chi connectivity index (χ0) is 12.3. The molecule has 0 saturated carbocycles. The zero-order valence-electron chi connectivity index (χ0n) is 9.48. The van der Waals surface area contributed by atoms with Gasteiger partial charge in [-0.3, -0.25) is 0 Å². The van der Waals surface area contributed by atoms with Gasteiger partial charge in [0.15, 0.2) is 11.5 Å². The average Bonchev–Trinajstić information content (AvgIpc) is 2.32. The molecule has 2 rings (SSSR count). The largest absolute Gasteiger partial charge is 0.504 e. The Labute approximate surface area is 99.3 Å². The molecule has 0 unspecified atom stereocenters. The van der Waals surface area contributed by atoms with E-state index in [1.54, 1.807) is 30.3 Å². The number of aromatic hydroxyl groups is 1. The fourth-order valence-corrected chi connectivity index (χ4v) is 1.53. The van der Waals surface area contributed by atoms with Crippen LogP contribution in [0.5, 0.6) is 11.5 Å². The van der Waals surface area contributed by atoms with Crippen LogP contribution in [0.15, 0.2) is 42.5 Å². The number of phenolic OH excluding ortho intramolecular Hbond substituents is 1. The minimum atomic E-state index is -0.286. The van der Waals surface area contributed by atoms with Gasteiger partial charge in [0.05, 0.1) is 0 Å². The van der Waals surface area contributed by atoms with Crippen LogP contribution in [0.3, 0.4) is 0 Å². The predicted octanol–water partition coefficient (Wildman–Crippen LogP) is 3.42. The van der Waals surface area contributed by atoms with Crippen LogP contribution in [0, 0.1) is 12.7 Å². The molecule has 17 heavy (non-hydrogen) atoms. The van der Waals surface area contributed by atoms with Crippen LogP contribution in [-0.4, -0.2) is 5.11 Å². The summed E-state index contributed by atoms with van der Waals surface area (Å²) < 4.78 is 18.5. The molecular weight excluding hydrogens is 219 g/mol. The highest BCUT2D eigenvalue weighted by Gasteiger charge is 2.04. The fourth-order valence-electron chi connectivity index (χ4n) is 1.53. The molecule has 1 N–H and O–H groups in total. The molecule has 0 aliphatic rings. The lowest BCUT2D eigenvalue weighted by atomic mass is 10.1. The third-order valence-corrected chi connectivity index (χ3v) is 2.56. The van der Waals surface area contributed by atoms with Crippen molar-refractivity contribution in [2.24, 2.45) is 0 Å². The minimum absolute atomic E-state index is 0.0848. The summed E-state index contributed by atoms with van der Waals surface area (Å²) in [6.45, 7) is 2.13. The highest BCUT2D eigenvalue weighted by atomic mass is 19.1. The van der Waals surface area contributed by atoms with Crippen LogP contribution in [0.2, 0.25) is 0 Å². The number of halogens is 1. The van der Waals surface area contributed by atoms with Crippen molar-refractivity contribution in [1.29, 1.82) is 0 Å². The van der Waals surface area contributed by atoms with E-state index in [4.69, 9.17) is 4.74 Å². The van der Waals surface area contributed by atoms with E-state index < -0.39 is 0 Å². The number of ether oxygens (including phenoxy) is 1. The van der Waals surface area contributed by atoms with Gasteiger partial charge in [0.25, 0.3) is 0 Å². The number of benzene rings is 2. The van der Waals surface area contributed by atoms with Crippen molar-refractivity contribution < 1.29 is 14.2 Å². The molecule has 3 heteroatoms. The molecule has 0 atom stereocenters. The van der Waals surface area contributed by atoms with Crippen molar-refractivity contribution >= 4 is 0 Å². The molecule has 0 aromatic heterocycles. The van der Waals surface area contributed by atoms with Gasteiger partial charge in [-0.25, -0.2) is 4.39 Å². The summed E-state index contributed by atoms with van der Waals surface area (Å²) >= 11 is 0. The maximum atomic E-state index is 13.0. The lowest BCUT2D eigenvalue weighted by molar-refractivity contribution is 0.288. The molecule has 0 saturated heterocycles. The van der Waals surface area contributed by atoms with E-state index in [-0.39, 0.29) is 18.2 Å². The monoisotopic (exact) mass is 232 g/mol. The molecule has 0 aliphatic carbocycles. The standard InChI is InChI=1S/C14H13FO2/c1-10-6-7-12(15)8-11(10)9-17-14-5-3-2-4-13(14)16/h2-8,16H,9H2,1H3. The first-order valence-electron chi connectivity index (χ1n) is 5.32. The van der Waals surface area contributed by atoms with Gasteiger partial charge in [0.2, 0.25) is 0 Å². The van der Waals surface area contributed by atoms with Gasteiger partial charge >= 0.3 is 0 Å². The third-order valence-electron chi connectivity index (χ3n) is 2.56. The first-order chi connectivity index (χ1) is 8.16. The summed E-state index contributed by atoms with van der Waals surface area (Å²) in [5.41, 5.74) is 1.73. The van der Waals surface area contributed by atoms with Gasteiger partial charge in [-0.1, -0.05) is 18.2 Å². The first kappa shape index (κ1) is 11.5. The molecule has 0 heterocycles. The summed E-state index contributed by atoms with van der Waals surface area (Å²) in [5.74, 6) is 0.198. The second kappa shape index (κ2) is 4.87. The Morgan fingerprint density at radius 1 is 1.18 bits per heavy atom. The second-order valence-electron chi connectivity index (χ2n) is 3.83. The topological polar surface area (TPSA) is 29.5 Å². The van der Waals surface area contributed by atoms with Crippen LogP contribution in [0.1, 0.15) is 11.1 Å². The fraction of sp³-hybridized carbons (Fsp3) is 0.143. The van der Waals surface area contributed by atoms with E-state index in [1.165, 1.54) is 12.1 Å². The van der Waals surface area contributed by atoms with Crippen molar-refractivity contribution in [1.82, 2.24) is 0 Å². The first-order valence-corrected chi connectivity index (χ1v) is 5.32. The van der Waals surface area contributed by atoms with Crippen LogP contribution in [-0.2, 0) is 6.61 Å². The summed E-state index contributed by atoms with van der Waals surface area (Å²) in [6.07, 6.45) is 0. The van der Waals surface area contributed by atoms with Gasteiger partial charge in [-0.2, -0.15) is 0 Å². The van der Waals surface area contributed by atoms with Crippen molar-refractivity contribution in [3.05, 3.63) is 59.4 Å². The molecule has 2 nitrogen and oxygen atoms in total. The van der Waals surface area contributed by atoms with Crippen LogP contribution in [0.25, 0.3) is 0 Å². The van der Waals surface area contributed by atoms with E-state index in [2.05, 4.69) is 0 Å². The van der Waals surface area contributed by atoms with Crippen molar-refractivity contribution in [2.45, 2.75) is 13.5 Å². The lowest BCUT2D eigenvalue weighted by Crippen LogP contribution is -1.98. The summed E-state index contributed by atoms with van der Waals surface area (Å²) in [6, 6.07) is 11.3. The Kier molecular flexibility index (Phi) is 3.28. The molecule has 88 valence electrons. The number of hydrogen-bond acceptors (Lipinski definition) is 2. The summed E-state index contributed by atoms with van der Waals surface area (Å²) in [7, 11) is 0. The van der Waals surface area contributed by atoms with E-state index >= 15 is 0 Å². The Morgan fingerprint density at radius 3 is 2.71 bits per heavy atom. The van der Waals surface area contributed by atoms with Gasteiger partial charge < -0.3 is 9.84 Å². The van der Waals surface area contributed by atoms with Crippen molar-refractivity contribution in [3.63, 3.8) is 0 Å². The summed E-state index contributed by atoms with van der Waals surface area (Å²) in [4.78, 5) is 0. The lowest BCUT2D eigenvalue weighted by Gasteiger charge is -2.09. The highest BCUT2D eigenvalue weighted by Crippen LogP contribution is 2.25. The Hall–Kier alpha value is -2.03. The Bertz CT molecular complexity index is 523. The quantitative estimate of drug-likeness (QED) is 0.878. The minimum Gasteiger partial charge on any atom is -0.504 e. The second-order valence-corrected chi connectivity index (χ2v) is 3.83. The summed E-state index contributed by atoms with van der Waals surface area (Å²) in [5, 5.41) is 9.51. The van der Waals surface area contributed by atoms with Gasteiger partial charge in [-0.05, 0) is 42.3 Å². The maximum Gasteiger partial charge on any atom is 0.161 e. The molecule has 0 fully saturated rings. The molecule has 0 bridgehead atoms. The smallest absolute Gasteiger partial charge is 0.161 e. The number of phenols is 1. The van der Waals surface area contributed by atoms with E-state index in [9.17, 15) is 9.50 Å².